The van der Waals surface area contributed by atoms with E-state index in [0.29, 0.717) is 15.6 Å². The number of rotatable bonds is 4. The van der Waals surface area contributed by atoms with Crippen LogP contribution in [0.4, 0.5) is 0 Å². The van der Waals surface area contributed by atoms with Gasteiger partial charge >= 0.3 is 5.97 Å². The average molecular weight is 348 g/mol. The highest BCUT2D eigenvalue weighted by atomic mass is 32.2. The monoisotopic (exact) mass is 348 g/mol. The number of hydrogen-bond acceptors (Lipinski definition) is 6. The first-order valence-corrected chi connectivity index (χ1v) is 9.05. The van der Waals surface area contributed by atoms with Crippen LogP contribution in [-0.4, -0.2) is 25.8 Å². The largest absolute Gasteiger partial charge is 0.456 e. The van der Waals surface area contributed by atoms with Crippen LogP contribution in [0.25, 0.3) is 4.96 Å². The molecule has 0 bridgehead atoms. The molecule has 1 aromatic carbocycles. The van der Waals surface area contributed by atoms with Gasteiger partial charge in [0.1, 0.15) is 6.61 Å². The van der Waals surface area contributed by atoms with Crippen molar-refractivity contribution in [1.29, 1.82) is 0 Å². The molecule has 8 heteroatoms. The van der Waals surface area contributed by atoms with Crippen LogP contribution in [0.3, 0.4) is 0 Å². The lowest BCUT2D eigenvalue weighted by Gasteiger charge is -2.07. The van der Waals surface area contributed by atoms with Crippen LogP contribution in [-0.2, 0) is 22.1 Å². The first-order chi connectivity index (χ1) is 11.1. The number of thiazole rings is 1. The Kier molecular flexibility index (Phi) is 4.35. The summed E-state index contributed by atoms with van der Waals surface area (Å²) in [5, 5.41) is 1.76. The number of aromatic nitrogens is 2. The number of benzene rings is 1. The van der Waals surface area contributed by atoms with Crippen molar-refractivity contribution in [1.82, 2.24) is 9.38 Å². The van der Waals surface area contributed by atoms with E-state index in [4.69, 9.17) is 4.74 Å². The Bertz CT molecular complexity index is 961. The van der Waals surface area contributed by atoms with E-state index in [1.165, 1.54) is 28.1 Å². The van der Waals surface area contributed by atoms with E-state index in [2.05, 4.69) is 4.98 Å². The van der Waals surface area contributed by atoms with Crippen LogP contribution >= 0.6 is 11.3 Å². The molecule has 0 saturated heterocycles. The molecule has 118 valence electrons. The van der Waals surface area contributed by atoms with Crippen LogP contribution in [0.5, 0.6) is 0 Å². The molecular formula is C15H12N2O4S2. The van der Waals surface area contributed by atoms with Gasteiger partial charge in [-0.25, -0.2) is 9.78 Å². The Balaban J connectivity index is 1.81. The van der Waals surface area contributed by atoms with Gasteiger partial charge in [-0.3, -0.25) is 13.4 Å². The fraction of sp³-hybridized carbons (Fsp3) is 0.133. The van der Waals surface area contributed by atoms with Gasteiger partial charge in [0.05, 0.1) is 27.0 Å². The molecule has 0 aliphatic heterocycles. The first-order valence-electron chi connectivity index (χ1n) is 6.61. The van der Waals surface area contributed by atoms with E-state index in [1.54, 1.807) is 35.8 Å². The molecule has 1 atom stereocenters. The van der Waals surface area contributed by atoms with Crippen molar-refractivity contribution in [3.8, 4) is 0 Å². The third-order valence-electron chi connectivity index (χ3n) is 3.12. The maximum atomic E-state index is 12.2. The summed E-state index contributed by atoms with van der Waals surface area (Å²) in [5.41, 5.74) is 0.403. The van der Waals surface area contributed by atoms with Crippen LogP contribution in [0.2, 0.25) is 0 Å². The van der Waals surface area contributed by atoms with Gasteiger partial charge in [0.2, 0.25) is 0 Å². The maximum Gasteiger partial charge on any atom is 0.339 e. The van der Waals surface area contributed by atoms with E-state index in [0.717, 1.165) is 0 Å². The Morgan fingerprint density at radius 3 is 2.96 bits per heavy atom. The van der Waals surface area contributed by atoms with E-state index in [1.807, 2.05) is 0 Å². The highest BCUT2D eigenvalue weighted by Crippen LogP contribution is 2.15. The molecule has 23 heavy (non-hydrogen) atoms. The Hall–Kier alpha value is -2.32. The van der Waals surface area contributed by atoms with Gasteiger partial charge in [-0.15, -0.1) is 11.3 Å². The van der Waals surface area contributed by atoms with Crippen LogP contribution in [0.15, 0.2) is 51.6 Å². The van der Waals surface area contributed by atoms with Crippen molar-refractivity contribution in [3.63, 3.8) is 0 Å². The molecular weight excluding hydrogens is 336 g/mol. The van der Waals surface area contributed by atoms with Crippen LogP contribution in [0, 0.1) is 0 Å². The Labute approximate surface area is 137 Å². The molecule has 0 amide bonds. The molecule has 0 fully saturated rings. The maximum absolute atomic E-state index is 12.2. The predicted octanol–water partition coefficient (Wildman–Crippen LogP) is 1.85. The van der Waals surface area contributed by atoms with Crippen molar-refractivity contribution in [2.24, 2.45) is 0 Å². The molecule has 0 saturated carbocycles. The summed E-state index contributed by atoms with van der Waals surface area (Å²) < 4.78 is 18.3. The summed E-state index contributed by atoms with van der Waals surface area (Å²) in [6.45, 7) is -0.118. The molecule has 2 heterocycles. The van der Waals surface area contributed by atoms with Gasteiger partial charge in [0, 0.05) is 23.9 Å². The van der Waals surface area contributed by atoms with E-state index in [-0.39, 0.29) is 17.7 Å². The SMILES string of the molecule is C[S@@](=O)c1ccccc1C(=O)OCc1cc(=O)n2ccsc2n1. The third-order valence-corrected chi connectivity index (χ3v) is 4.86. The summed E-state index contributed by atoms with van der Waals surface area (Å²) in [5.74, 6) is -0.594. The molecule has 0 aliphatic rings. The summed E-state index contributed by atoms with van der Waals surface area (Å²) in [6, 6.07) is 7.89. The minimum atomic E-state index is -1.29. The van der Waals surface area contributed by atoms with Crippen molar-refractivity contribution < 1.29 is 13.7 Å². The molecule has 3 rings (SSSR count). The highest BCUT2D eigenvalue weighted by Gasteiger charge is 2.15. The Morgan fingerprint density at radius 2 is 2.17 bits per heavy atom. The fourth-order valence-corrected chi connectivity index (χ4v) is 3.53. The number of esters is 1. The molecule has 3 aromatic rings. The van der Waals surface area contributed by atoms with E-state index < -0.39 is 16.8 Å². The zero-order chi connectivity index (χ0) is 16.4. The number of nitrogens with zero attached hydrogens (tertiary/aromatic N) is 2. The number of fused-ring (bicyclic) bond motifs is 1. The van der Waals surface area contributed by atoms with Crippen molar-refractivity contribution in [2.75, 3.05) is 6.26 Å². The first kappa shape index (κ1) is 15.6. The lowest BCUT2D eigenvalue weighted by atomic mass is 10.2. The average Bonchev–Trinajstić information content (AvgIpc) is 3.01. The number of carbonyl (C=O) groups excluding carboxylic acids is 1. The van der Waals surface area contributed by atoms with E-state index >= 15 is 0 Å². The smallest absolute Gasteiger partial charge is 0.339 e. The van der Waals surface area contributed by atoms with Crippen LogP contribution in [0.1, 0.15) is 16.1 Å². The van der Waals surface area contributed by atoms with Gasteiger partial charge in [0.25, 0.3) is 5.56 Å². The number of carbonyl (C=O) groups is 1. The minimum absolute atomic E-state index is 0.118. The summed E-state index contributed by atoms with van der Waals surface area (Å²) in [6.07, 6.45) is 3.14. The number of ether oxygens (including phenoxy) is 1. The molecule has 0 aliphatic carbocycles. The zero-order valence-electron chi connectivity index (χ0n) is 12.1. The lowest BCUT2D eigenvalue weighted by Crippen LogP contribution is -2.15. The molecule has 2 aromatic heterocycles. The molecule has 0 radical (unpaired) electrons. The molecule has 0 unspecified atom stereocenters. The summed E-state index contributed by atoms with van der Waals surface area (Å²) >= 11 is 1.32. The minimum Gasteiger partial charge on any atom is -0.456 e. The summed E-state index contributed by atoms with van der Waals surface area (Å²) in [7, 11) is -1.29. The van der Waals surface area contributed by atoms with Gasteiger partial charge in [0.15, 0.2) is 4.96 Å². The van der Waals surface area contributed by atoms with Crippen molar-refractivity contribution >= 4 is 33.1 Å². The fourth-order valence-electron chi connectivity index (χ4n) is 2.06. The van der Waals surface area contributed by atoms with Gasteiger partial charge in [-0.05, 0) is 12.1 Å². The molecule has 0 spiro atoms. The standard InChI is InChI=1S/C15H12N2O4S2/c1-23(20)12-5-3-2-4-11(12)14(19)21-9-10-8-13(18)17-6-7-22-15(17)16-10/h2-8H,9H2,1H3/t23-/m1/s1. The van der Waals surface area contributed by atoms with Gasteiger partial charge in [-0.1, -0.05) is 12.1 Å². The second kappa shape index (κ2) is 6.43. The Morgan fingerprint density at radius 1 is 1.39 bits per heavy atom. The molecule has 0 N–H and O–H groups in total. The normalized spacial score (nSPS) is 12.2. The molecule has 6 nitrogen and oxygen atoms in total. The quantitative estimate of drug-likeness (QED) is 0.673. The van der Waals surface area contributed by atoms with E-state index in [9.17, 15) is 13.8 Å². The van der Waals surface area contributed by atoms with Gasteiger partial charge in [-0.2, -0.15) is 0 Å². The second-order valence-corrected chi connectivity index (χ2v) is 6.89. The number of hydrogen-bond donors (Lipinski definition) is 0. The zero-order valence-corrected chi connectivity index (χ0v) is 13.7. The predicted molar refractivity (Wildman–Crippen MR) is 87.2 cm³/mol. The van der Waals surface area contributed by atoms with Crippen LogP contribution < -0.4 is 5.56 Å². The van der Waals surface area contributed by atoms with Crippen molar-refractivity contribution in [3.05, 3.63) is 63.5 Å². The topological polar surface area (TPSA) is 77.7 Å². The van der Waals surface area contributed by atoms with Gasteiger partial charge < -0.3 is 4.74 Å². The second-order valence-electron chi connectivity index (χ2n) is 4.67. The highest BCUT2D eigenvalue weighted by molar-refractivity contribution is 7.84. The summed E-state index contributed by atoms with van der Waals surface area (Å²) in [4.78, 5) is 29.3. The third kappa shape index (κ3) is 3.22. The lowest BCUT2D eigenvalue weighted by molar-refractivity contribution is 0.0463. The van der Waals surface area contributed by atoms with Crippen molar-refractivity contribution in [2.45, 2.75) is 11.5 Å².